The molecule has 2 heterocycles. The number of hydrogen-bond donors (Lipinski definition) is 0. The van der Waals surface area contributed by atoms with E-state index >= 15 is 0 Å². The maximum Gasteiger partial charge on any atom is 0.169 e. The highest BCUT2D eigenvalue weighted by atomic mass is 79.9. The van der Waals surface area contributed by atoms with Crippen LogP contribution in [0.2, 0.25) is 0 Å². The molecular weight excluding hydrogens is 268 g/mol. The lowest BCUT2D eigenvalue weighted by molar-refractivity contribution is -0.696. The Morgan fingerprint density at radius 3 is 2.50 bits per heavy atom. The quantitative estimate of drug-likeness (QED) is 0.701. The van der Waals surface area contributed by atoms with Gasteiger partial charge in [0.1, 0.15) is 6.54 Å². The van der Waals surface area contributed by atoms with Gasteiger partial charge >= 0.3 is 0 Å². The highest BCUT2D eigenvalue weighted by Crippen LogP contribution is 2.18. The van der Waals surface area contributed by atoms with Crippen molar-refractivity contribution < 1.29 is 26.1 Å². The Labute approximate surface area is 106 Å². The second-order valence-corrected chi connectivity index (χ2v) is 3.66. The maximum atomic E-state index is 5.19. The lowest BCUT2D eigenvalue weighted by Gasteiger charge is -1.95. The van der Waals surface area contributed by atoms with Gasteiger partial charge in [0.25, 0.3) is 0 Å². The number of aromatic nitrogens is 2. The number of hydrogen-bond acceptors (Lipinski definition) is 2. The molecule has 0 unspecified atom stereocenters. The summed E-state index contributed by atoms with van der Waals surface area (Å²) in [7, 11) is 0. The number of halogens is 1. The number of nitrogens with zero attached hydrogens (tertiary/aromatic N) is 2. The molecule has 16 heavy (non-hydrogen) atoms. The van der Waals surface area contributed by atoms with E-state index in [9.17, 15) is 0 Å². The van der Waals surface area contributed by atoms with E-state index < -0.39 is 0 Å². The second kappa shape index (κ2) is 5.80. The Morgan fingerprint density at radius 2 is 2.00 bits per heavy atom. The molecule has 0 fully saturated rings. The maximum absolute atomic E-state index is 5.19. The SMILES string of the molecule is CCC[n+]1ccc(-c2cc(C)no2)cc1.[Br-]. The summed E-state index contributed by atoms with van der Waals surface area (Å²) in [6, 6.07) is 6.05. The zero-order valence-corrected chi connectivity index (χ0v) is 11.1. The molecule has 0 saturated heterocycles. The summed E-state index contributed by atoms with van der Waals surface area (Å²) in [5, 5.41) is 3.87. The lowest BCUT2D eigenvalue weighted by Crippen LogP contribution is -3.00. The van der Waals surface area contributed by atoms with Crippen LogP contribution in [0.5, 0.6) is 0 Å². The first-order chi connectivity index (χ1) is 7.29. The molecule has 0 N–H and O–H groups in total. The molecule has 0 bridgehead atoms. The molecular formula is C12H15BrN2O. The van der Waals surface area contributed by atoms with Crippen molar-refractivity contribution >= 4 is 0 Å². The highest BCUT2D eigenvalue weighted by molar-refractivity contribution is 5.55. The van der Waals surface area contributed by atoms with E-state index in [-0.39, 0.29) is 17.0 Å². The second-order valence-electron chi connectivity index (χ2n) is 3.66. The van der Waals surface area contributed by atoms with Crippen LogP contribution in [0.15, 0.2) is 35.1 Å². The third kappa shape index (κ3) is 2.92. The molecule has 0 spiro atoms. The minimum absolute atomic E-state index is 0. The fraction of sp³-hybridized carbons (Fsp3) is 0.333. The largest absolute Gasteiger partial charge is 1.00 e. The van der Waals surface area contributed by atoms with Gasteiger partial charge in [-0.3, -0.25) is 0 Å². The van der Waals surface area contributed by atoms with E-state index in [1.54, 1.807) is 0 Å². The van der Waals surface area contributed by atoms with Gasteiger partial charge in [0.15, 0.2) is 18.2 Å². The predicted molar refractivity (Wildman–Crippen MR) is 57.2 cm³/mol. The molecule has 0 radical (unpaired) electrons. The van der Waals surface area contributed by atoms with Gasteiger partial charge in [0, 0.05) is 30.2 Å². The first-order valence-electron chi connectivity index (χ1n) is 5.22. The molecule has 0 atom stereocenters. The Bertz CT molecular complexity index is 437. The molecule has 86 valence electrons. The van der Waals surface area contributed by atoms with Crippen LogP contribution in [-0.4, -0.2) is 5.16 Å². The standard InChI is InChI=1S/C12H15N2O.BrH/c1-3-6-14-7-4-11(5-8-14)12-9-10(2)13-15-12;/h4-5,7-9H,3,6H2,1-2H3;1H/q+1;/p-1. The average molecular weight is 283 g/mol. The lowest BCUT2D eigenvalue weighted by atomic mass is 10.2. The summed E-state index contributed by atoms with van der Waals surface area (Å²) < 4.78 is 7.35. The molecule has 0 aliphatic carbocycles. The third-order valence-electron chi connectivity index (χ3n) is 2.29. The first-order valence-corrected chi connectivity index (χ1v) is 5.22. The monoisotopic (exact) mass is 282 g/mol. The van der Waals surface area contributed by atoms with Gasteiger partial charge in [-0.05, 0) is 6.92 Å². The van der Waals surface area contributed by atoms with Crippen LogP contribution < -0.4 is 21.5 Å². The van der Waals surface area contributed by atoms with E-state index in [0.717, 1.165) is 30.0 Å². The first kappa shape index (κ1) is 12.9. The van der Waals surface area contributed by atoms with Gasteiger partial charge in [-0.15, -0.1) is 0 Å². The van der Waals surface area contributed by atoms with Crippen LogP contribution in [0, 0.1) is 6.92 Å². The van der Waals surface area contributed by atoms with Crippen molar-refractivity contribution in [1.29, 1.82) is 0 Å². The van der Waals surface area contributed by atoms with Gasteiger partial charge in [-0.1, -0.05) is 12.1 Å². The summed E-state index contributed by atoms with van der Waals surface area (Å²) >= 11 is 0. The smallest absolute Gasteiger partial charge is 0.169 e. The summed E-state index contributed by atoms with van der Waals surface area (Å²) in [6.45, 7) is 5.14. The van der Waals surface area contributed by atoms with E-state index in [4.69, 9.17) is 4.52 Å². The number of rotatable bonds is 3. The minimum atomic E-state index is 0. The van der Waals surface area contributed by atoms with E-state index in [1.165, 1.54) is 0 Å². The van der Waals surface area contributed by atoms with Gasteiger partial charge in [-0.25, -0.2) is 4.57 Å². The van der Waals surface area contributed by atoms with Crippen molar-refractivity contribution in [3.8, 4) is 11.3 Å². The van der Waals surface area contributed by atoms with Crippen LogP contribution >= 0.6 is 0 Å². The summed E-state index contributed by atoms with van der Waals surface area (Å²) in [6.07, 6.45) is 5.28. The minimum Gasteiger partial charge on any atom is -1.00 e. The molecule has 2 aromatic rings. The molecule has 3 nitrogen and oxygen atoms in total. The summed E-state index contributed by atoms with van der Waals surface area (Å²) in [5.41, 5.74) is 1.98. The molecule has 2 aromatic heterocycles. The molecule has 4 heteroatoms. The van der Waals surface area contributed by atoms with E-state index in [2.05, 4.69) is 41.2 Å². The van der Waals surface area contributed by atoms with Gasteiger partial charge in [0.2, 0.25) is 0 Å². The zero-order chi connectivity index (χ0) is 10.7. The van der Waals surface area contributed by atoms with E-state index in [0.29, 0.717) is 0 Å². The fourth-order valence-corrected chi connectivity index (χ4v) is 1.53. The average Bonchev–Trinajstić information content (AvgIpc) is 2.67. The van der Waals surface area contributed by atoms with Gasteiger partial charge in [0.05, 0.1) is 5.69 Å². The number of aryl methyl sites for hydroxylation is 2. The van der Waals surface area contributed by atoms with Crippen molar-refractivity contribution in [3.05, 3.63) is 36.3 Å². The molecule has 0 saturated carbocycles. The normalized spacial score (nSPS) is 9.88. The van der Waals surface area contributed by atoms with Crippen LogP contribution in [-0.2, 0) is 6.54 Å². The Hall–Kier alpha value is -1.16. The predicted octanol–water partition coefficient (Wildman–Crippen LogP) is -0.648. The van der Waals surface area contributed by atoms with Crippen LogP contribution in [0.3, 0.4) is 0 Å². The summed E-state index contributed by atoms with van der Waals surface area (Å²) in [5.74, 6) is 0.830. The molecule has 0 aliphatic rings. The van der Waals surface area contributed by atoms with Crippen molar-refractivity contribution in [1.82, 2.24) is 5.16 Å². The van der Waals surface area contributed by atoms with Gasteiger partial charge in [-0.2, -0.15) is 0 Å². The number of pyridine rings is 1. The molecule has 0 aliphatic heterocycles. The van der Waals surface area contributed by atoms with Crippen LogP contribution in [0.4, 0.5) is 0 Å². The Balaban J connectivity index is 0.00000128. The zero-order valence-electron chi connectivity index (χ0n) is 9.48. The third-order valence-corrected chi connectivity index (χ3v) is 2.29. The highest BCUT2D eigenvalue weighted by Gasteiger charge is 2.06. The van der Waals surface area contributed by atoms with Crippen molar-refractivity contribution in [3.63, 3.8) is 0 Å². The van der Waals surface area contributed by atoms with Crippen molar-refractivity contribution in [2.75, 3.05) is 0 Å². The Morgan fingerprint density at radius 1 is 1.31 bits per heavy atom. The van der Waals surface area contributed by atoms with Crippen molar-refractivity contribution in [2.45, 2.75) is 26.8 Å². The van der Waals surface area contributed by atoms with Crippen LogP contribution in [0.1, 0.15) is 19.0 Å². The van der Waals surface area contributed by atoms with Crippen LogP contribution in [0.25, 0.3) is 11.3 Å². The molecule has 0 aromatic carbocycles. The Kier molecular flexibility index (Phi) is 4.68. The van der Waals surface area contributed by atoms with Crippen molar-refractivity contribution in [2.24, 2.45) is 0 Å². The molecule has 0 amide bonds. The summed E-state index contributed by atoms with van der Waals surface area (Å²) in [4.78, 5) is 0. The topological polar surface area (TPSA) is 29.9 Å². The van der Waals surface area contributed by atoms with Gasteiger partial charge < -0.3 is 21.5 Å². The van der Waals surface area contributed by atoms with E-state index in [1.807, 2.05) is 13.0 Å². The molecule has 2 rings (SSSR count). The fourth-order valence-electron chi connectivity index (χ4n) is 1.53.